The van der Waals surface area contributed by atoms with Crippen molar-refractivity contribution in [3.05, 3.63) is 17.7 Å². The molecule has 104 valence electrons. The van der Waals surface area contributed by atoms with Gasteiger partial charge < -0.3 is 14.4 Å². The van der Waals surface area contributed by atoms with Crippen LogP contribution in [0.2, 0.25) is 0 Å². The first kappa shape index (κ1) is 13.6. The number of benzene rings is 1. The average molecular weight is 286 g/mol. The molecule has 0 bridgehead atoms. The number of hydrogen-bond acceptors (Lipinski definition) is 5. The van der Waals surface area contributed by atoms with E-state index in [0.717, 1.165) is 0 Å². The number of nitrogens with two attached hydrogens (primary N) is 1. The zero-order valence-corrected chi connectivity index (χ0v) is 11.4. The van der Waals surface area contributed by atoms with Crippen LogP contribution in [0.3, 0.4) is 0 Å². The number of amides is 1. The molecule has 0 saturated carbocycles. The Morgan fingerprint density at radius 3 is 2.47 bits per heavy atom. The van der Waals surface area contributed by atoms with E-state index in [1.807, 2.05) is 0 Å². The highest BCUT2D eigenvalue weighted by Gasteiger charge is 2.25. The molecule has 0 aromatic heterocycles. The summed E-state index contributed by atoms with van der Waals surface area (Å²) in [5, 5.41) is 5.09. The van der Waals surface area contributed by atoms with Gasteiger partial charge in [-0.05, 0) is 6.07 Å². The number of hydrogen-bond donors (Lipinski definition) is 1. The van der Waals surface area contributed by atoms with Crippen molar-refractivity contribution in [2.24, 2.45) is 5.14 Å². The smallest absolute Gasteiger partial charge is 0.257 e. The third-order valence-corrected chi connectivity index (χ3v) is 3.47. The molecule has 0 saturated heterocycles. The van der Waals surface area contributed by atoms with Gasteiger partial charge in [-0.1, -0.05) is 0 Å². The van der Waals surface area contributed by atoms with Crippen molar-refractivity contribution in [1.82, 2.24) is 4.90 Å². The quantitative estimate of drug-likeness (QED) is 0.812. The van der Waals surface area contributed by atoms with Gasteiger partial charge >= 0.3 is 0 Å². The second-order valence-corrected chi connectivity index (χ2v) is 5.80. The van der Waals surface area contributed by atoms with E-state index in [0.29, 0.717) is 6.61 Å². The SMILES string of the molecule is CN(C)C(=O)c1cc(S(N)(=O)=O)cc2c1OCCO2. The highest BCUT2D eigenvalue weighted by molar-refractivity contribution is 7.89. The molecule has 0 aliphatic carbocycles. The van der Waals surface area contributed by atoms with Crippen molar-refractivity contribution in [1.29, 1.82) is 0 Å². The van der Waals surface area contributed by atoms with Crippen LogP contribution in [0, 0.1) is 0 Å². The summed E-state index contributed by atoms with van der Waals surface area (Å²) in [5.41, 5.74) is 0.117. The number of carbonyl (C=O) groups excluding carboxylic acids is 1. The largest absolute Gasteiger partial charge is 0.486 e. The lowest BCUT2D eigenvalue weighted by atomic mass is 10.1. The summed E-state index contributed by atoms with van der Waals surface area (Å²) in [7, 11) is -0.809. The topological polar surface area (TPSA) is 98.9 Å². The maximum absolute atomic E-state index is 12.1. The zero-order chi connectivity index (χ0) is 14.2. The minimum atomic E-state index is -3.92. The van der Waals surface area contributed by atoms with E-state index in [2.05, 4.69) is 0 Å². The number of ether oxygens (including phenoxy) is 2. The minimum Gasteiger partial charge on any atom is -0.486 e. The van der Waals surface area contributed by atoms with Crippen LogP contribution in [0.25, 0.3) is 0 Å². The van der Waals surface area contributed by atoms with Gasteiger partial charge in [0.15, 0.2) is 11.5 Å². The molecule has 19 heavy (non-hydrogen) atoms. The number of primary sulfonamides is 1. The van der Waals surface area contributed by atoms with E-state index in [9.17, 15) is 13.2 Å². The van der Waals surface area contributed by atoms with E-state index in [-0.39, 0.29) is 34.5 Å². The molecule has 0 unspecified atom stereocenters. The molecule has 1 aromatic rings. The van der Waals surface area contributed by atoms with Crippen LogP contribution < -0.4 is 14.6 Å². The van der Waals surface area contributed by atoms with Gasteiger partial charge in [-0.3, -0.25) is 4.79 Å². The van der Waals surface area contributed by atoms with Crippen LogP contribution in [-0.2, 0) is 10.0 Å². The Kier molecular flexibility index (Phi) is 3.38. The predicted molar refractivity (Wildman–Crippen MR) is 66.8 cm³/mol. The molecule has 0 fully saturated rings. The van der Waals surface area contributed by atoms with Gasteiger partial charge in [-0.15, -0.1) is 0 Å². The number of rotatable bonds is 2. The van der Waals surface area contributed by atoms with E-state index < -0.39 is 10.0 Å². The van der Waals surface area contributed by atoms with Crippen LogP contribution in [0.4, 0.5) is 0 Å². The summed E-state index contributed by atoms with van der Waals surface area (Å²) in [6.45, 7) is 0.589. The summed E-state index contributed by atoms with van der Waals surface area (Å²) >= 11 is 0. The second kappa shape index (κ2) is 4.71. The lowest BCUT2D eigenvalue weighted by Gasteiger charge is -2.22. The van der Waals surface area contributed by atoms with E-state index in [1.165, 1.54) is 17.0 Å². The highest BCUT2D eigenvalue weighted by Crippen LogP contribution is 2.36. The Balaban J connectivity index is 2.66. The lowest BCUT2D eigenvalue weighted by Crippen LogP contribution is -2.26. The first-order valence-electron chi connectivity index (χ1n) is 5.49. The van der Waals surface area contributed by atoms with E-state index >= 15 is 0 Å². The summed E-state index contributed by atoms with van der Waals surface area (Å²) in [6, 6.07) is 2.46. The Morgan fingerprint density at radius 1 is 1.26 bits per heavy atom. The summed E-state index contributed by atoms with van der Waals surface area (Å²) in [4.78, 5) is 13.2. The third kappa shape index (κ3) is 2.64. The Hall–Kier alpha value is -1.80. The van der Waals surface area contributed by atoms with Gasteiger partial charge in [-0.2, -0.15) is 0 Å². The Labute approximate surface area is 110 Å². The average Bonchev–Trinajstić information content (AvgIpc) is 2.35. The summed E-state index contributed by atoms with van der Waals surface area (Å²) in [6.07, 6.45) is 0. The molecule has 2 N–H and O–H groups in total. The first-order chi connectivity index (χ1) is 8.80. The van der Waals surface area contributed by atoms with Crippen LogP contribution >= 0.6 is 0 Å². The summed E-state index contributed by atoms with van der Waals surface area (Å²) < 4.78 is 33.5. The van der Waals surface area contributed by atoms with Crippen LogP contribution in [0.5, 0.6) is 11.5 Å². The molecule has 7 nitrogen and oxygen atoms in total. The third-order valence-electron chi connectivity index (χ3n) is 2.58. The molecular weight excluding hydrogens is 272 g/mol. The number of sulfonamides is 1. The van der Waals surface area contributed by atoms with Gasteiger partial charge in [0.1, 0.15) is 13.2 Å². The molecule has 8 heteroatoms. The number of carbonyl (C=O) groups is 1. The predicted octanol–water partition coefficient (Wildman–Crippen LogP) is -0.193. The molecule has 1 aliphatic heterocycles. The van der Waals surface area contributed by atoms with Crippen molar-refractivity contribution in [3.63, 3.8) is 0 Å². The fraction of sp³-hybridized carbons (Fsp3) is 0.364. The standard InChI is InChI=1S/C11H14N2O5S/c1-13(2)11(14)8-5-7(19(12,15)16)6-9-10(8)18-4-3-17-9/h5-6H,3-4H2,1-2H3,(H2,12,15,16). The van der Waals surface area contributed by atoms with Crippen LogP contribution in [0.1, 0.15) is 10.4 Å². The number of fused-ring (bicyclic) bond motifs is 1. The zero-order valence-electron chi connectivity index (χ0n) is 10.5. The summed E-state index contributed by atoms with van der Waals surface area (Å²) in [5.74, 6) is 0.0765. The highest BCUT2D eigenvalue weighted by atomic mass is 32.2. The maximum Gasteiger partial charge on any atom is 0.257 e. The Morgan fingerprint density at radius 2 is 1.89 bits per heavy atom. The second-order valence-electron chi connectivity index (χ2n) is 4.24. The molecule has 0 atom stereocenters. The number of nitrogens with zero attached hydrogens (tertiary/aromatic N) is 1. The van der Waals surface area contributed by atoms with Crippen molar-refractivity contribution >= 4 is 15.9 Å². The molecule has 0 radical (unpaired) electrons. The van der Waals surface area contributed by atoms with Gasteiger partial charge in [-0.25, -0.2) is 13.6 Å². The molecule has 1 heterocycles. The van der Waals surface area contributed by atoms with Crippen molar-refractivity contribution in [3.8, 4) is 11.5 Å². The fourth-order valence-corrected chi connectivity index (χ4v) is 2.25. The lowest BCUT2D eigenvalue weighted by molar-refractivity contribution is 0.0816. The van der Waals surface area contributed by atoms with Crippen molar-refractivity contribution in [2.75, 3.05) is 27.3 Å². The minimum absolute atomic E-state index is 0.117. The van der Waals surface area contributed by atoms with Crippen LogP contribution in [-0.4, -0.2) is 46.5 Å². The fourth-order valence-electron chi connectivity index (χ4n) is 1.69. The molecule has 0 spiro atoms. The van der Waals surface area contributed by atoms with Crippen LogP contribution in [0.15, 0.2) is 17.0 Å². The van der Waals surface area contributed by atoms with Gasteiger partial charge in [0, 0.05) is 20.2 Å². The Bertz CT molecular complexity index is 624. The van der Waals surface area contributed by atoms with Crippen molar-refractivity contribution < 1.29 is 22.7 Å². The van der Waals surface area contributed by atoms with Gasteiger partial charge in [0.25, 0.3) is 5.91 Å². The van der Waals surface area contributed by atoms with Crippen molar-refractivity contribution in [2.45, 2.75) is 4.90 Å². The maximum atomic E-state index is 12.1. The van der Waals surface area contributed by atoms with E-state index in [1.54, 1.807) is 14.1 Å². The molecule has 1 aromatic carbocycles. The molecule has 1 aliphatic rings. The van der Waals surface area contributed by atoms with Gasteiger partial charge in [0.05, 0.1) is 10.5 Å². The monoisotopic (exact) mass is 286 g/mol. The first-order valence-corrected chi connectivity index (χ1v) is 7.03. The van der Waals surface area contributed by atoms with Gasteiger partial charge in [0.2, 0.25) is 10.0 Å². The normalized spacial score (nSPS) is 14.1. The van der Waals surface area contributed by atoms with E-state index in [4.69, 9.17) is 14.6 Å². The molecular formula is C11H14N2O5S. The molecule has 1 amide bonds. The molecule has 2 rings (SSSR count).